The molecule has 4 rings (SSSR count). The molecule has 0 fully saturated rings. The van der Waals surface area contributed by atoms with E-state index < -0.39 is 4.27 Å². The summed E-state index contributed by atoms with van der Waals surface area (Å²) in [5, 5.41) is 0.541. The molecule has 0 radical (unpaired) electrons. The van der Waals surface area contributed by atoms with Gasteiger partial charge >= 0.3 is 0 Å². The third kappa shape index (κ3) is 4.89. The standard InChI is InChI=1S/C24H19ClO2S2/c25-21-13-7-12-20(15-21)23(26)24(28-17-19-10-5-2-6-11-19)27-16-22(29-24)14-18-8-3-1-4-9-18/h1-13,15-16H,14,17H2. The molecule has 146 valence electrons. The van der Waals surface area contributed by atoms with Crippen molar-refractivity contribution >= 4 is 40.9 Å². The van der Waals surface area contributed by atoms with Crippen LogP contribution in [0, 0.1) is 0 Å². The van der Waals surface area contributed by atoms with Crippen molar-refractivity contribution in [1.82, 2.24) is 0 Å². The Hall–Kier alpha value is -2.14. The Morgan fingerprint density at radius 2 is 1.62 bits per heavy atom. The van der Waals surface area contributed by atoms with Gasteiger partial charge in [0.05, 0.1) is 6.26 Å². The number of benzene rings is 3. The number of halogens is 1. The molecule has 0 aromatic heterocycles. The summed E-state index contributed by atoms with van der Waals surface area (Å²) in [5.74, 6) is 0.595. The van der Waals surface area contributed by atoms with E-state index in [0.717, 1.165) is 16.9 Å². The Morgan fingerprint density at radius 1 is 0.931 bits per heavy atom. The summed E-state index contributed by atoms with van der Waals surface area (Å²) in [5.41, 5.74) is 2.89. The average molecular weight is 439 g/mol. The molecular formula is C24H19ClO2S2. The minimum absolute atomic E-state index is 0.0785. The monoisotopic (exact) mass is 438 g/mol. The Bertz CT molecular complexity index is 1020. The number of rotatable bonds is 7. The summed E-state index contributed by atoms with van der Waals surface area (Å²) in [6.07, 6.45) is 2.47. The fourth-order valence-electron chi connectivity index (χ4n) is 3.03. The zero-order chi connectivity index (χ0) is 20.1. The molecule has 0 amide bonds. The highest BCUT2D eigenvalue weighted by Gasteiger charge is 2.46. The molecule has 0 spiro atoms. The summed E-state index contributed by atoms with van der Waals surface area (Å²) < 4.78 is 5.02. The van der Waals surface area contributed by atoms with Crippen LogP contribution in [0.2, 0.25) is 5.02 Å². The van der Waals surface area contributed by atoms with Crippen LogP contribution in [0.4, 0.5) is 0 Å². The molecule has 3 aromatic carbocycles. The Kier molecular flexibility index (Phi) is 6.34. The smallest absolute Gasteiger partial charge is 0.268 e. The van der Waals surface area contributed by atoms with Crippen LogP contribution in [-0.2, 0) is 16.9 Å². The lowest BCUT2D eigenvalue weighted by Crippen LogP contribution is -2.31. The zero-order valence-corrected chi connectivity index (χ0v) is 18.0. The lowest BCUT2D eigenvalue weighted by Gasteiger charge is -2.26. The fraction of sp³-hybridized carbons (Fsp3) is 0.125. The van der Waals surface area contributed by atoms with Gasteiger partial charge in [-0.25, -0.2) is 0 Å². The van der Waals surface area contributed by atoms with Crippen molar-refractivity contribution in [2.24, 2.45) is 0 Å². The first-order valence-corrected chi connectivity index (χ1v) is 11.4. The maximum absolute atomic E-state index is 13.5. The number of ether oxygens (including phenoxy) is 1. The van der Waals surface area contributed by atoms with Crippen molar-refractivity contribution in [3.63, 3.8) is 0 Å². The number of allylic oxidation sites excluding steroid dienone is 1. The van der Waals surface area contributed by atoms with Crippen LogP contribution in [0.15, 0.2) is 96.1 Å². The predicted octanol–water partition coefficient (Wildman–Crippen LogP) is 6.96. The number of carbonyl (C=O) groups excluding carboxylic acids is 1. The number of carbonyl (C=O) groups is 1. The molecule has 0 aliphatic carbocycles. The van der Waals surface area contributed by atoms with E-state index in [2.05, 4.69) is 24.3 Å². The maximum atomic E-state index is 13.5. The lowest BCUT2D eigenvalue weighted by atomic mass is 10.1. The van der Waals surface area contributed by atoms with Gasteiger partial charge in [-0.1, -0.05) is 108 Å². The SMILES string of the molecule is O=C(c1cccc(Cl)c1)C1(SCc2ccccc2)OC=C(Cc2ccccc2)S1. The number of thioether (sulfide) groups is 2. The first kappa shape index (κ1) is 20.1. The van der Waals surface area contributed by atoms with Crippen LogP contribution in [0.1, 0.15) is 21.5 Å². The number of hydrogen-bond acceptors (Lipinski definition) is 4. The van der Waals surface area contributed by atoms with E-state index in [1.54, 1.807) is 30.5 Å². The van der Waals surface area contributed by atoms with E-state index >= 15 is 0 Å². The summed E-state index contributed by atoms with van der Waals surface area (Å²) >= 11 is 9.12. The predicted molar refractivity (Wildman–Crippen MR) is 123 cm³/mol. The van der Waals surface area contributed by atoms with Gasteiger partial charge < -0.3 is 4.74 Å². The summed E-state index contributed by atoms with van der Waals surface area (Å²) in [6.45, 7) is 0. The van der Waals surface area contributed by atoms with Crippen LogP contribution < -0.4 is 0 Å². The van der Waals surface area contributed by atoms with Crippen LogP contribution in [0.3, 0.4) is 0 Å². The van der Waals surface area contributed by atoms with E-state index in [9.17, 15) is 4.79 Å². The van der Waals surface area contributed by atoms with Gasteiger partial charge in [0, 0.05) is 27.7 Å². The second kappa shape index (κ2) is 9.12. The van der Waals surface area contributed by atoms with E-state index in [1.165, 1.54) is 29.1 Å². The summed E-state index contributed by atoms with van der Waals surface area (Å²) in [4.78, 5) is 14.5. The molecule has 1 unspecified atom stereocenters. The minimum Gasteiger partial charge on any atom is -0.466 e. The van der Waals surface area contributed by atoms with Gasteiger partial charge in [0.2, 0.25) is 5.78 Å². The van der Waals surface area contributed by atoms with E-state index in [1.807, 2.05) is 36.4 Å². The maximum Gasteiger partial charge on any atom is 0.268 e. The van der Waals surface area contributed by atoms with Crippen LogP contribution in [0.5, 0.6) is 0 Å². The van der Waals surface area contributed by atoms with Gasteiger partial charge in [-0.15, -0.1) is 0 Å². The average Bonchev–Trinajstić information content (AvgIpc) is 3.17. The number of ketones is 1. The Labute approximate surface area is 184 Å². The van der Waals surface area contributed by atoms with Crippen molar-refractivity contribution in [3.05, 3.63) is 118 Å². The largest absolute Gasteiger partial charge is 0.466 e. The molecule has 0 N–H and O–H groups in total. The molecule has 1 heterocycles. The molecule has 1 aliphatic rings. The van der Waals surface area contributed by atoms with Gasteiger partial charge in [-0.05, 0) is 23.3 Å². The molecule has 0 saturated carbocycles. The second-order valence-corrected chi connectivity index (χ2v) is 9.79. The molecule has 29 heavy (non-hydrogen) atoms. The van der Waals surface area contributed by atoms with Crippen molar-refractivity contribution < 1.29 is 9.53 Å². The van der Waals surface area contributed by atoms with Crippen LogP contribution in [-0.4, -0.2) is 10.0 Å². The van der Waals surface area contributed by atoms with Crippen molar-refractivity contribution in [2.45, 2.75) is 16.4 Å². The van der Waals surface area contributed by atoms with Crippen LogP contribution in [0.25, 0.3) is 0 Å². The fourth-order valence-corrected chi connectivity index (χ4v) is 5.85. The quantitative estimate of drug-likeness (QED) is 0.372. The van der Waals surface area contributed by atoms with Gasteiger partial charge in [-0.2, -0.15) is 0 Å². The first-order chi connectivity index (χ1) is 14.1. The minimum atomic E-state index is -1.05. The van der Waals surface area contributed by atoms with Crippen molar-refractivity contribution in [2.75, 3.05) is 0 Å². The second-order valence-electron chi connectivity index (χ2n) is 6.64. The third-order valence-electron chi connectivity index (χ3n) is 4.47. The molecule has 2 nitrogen and oxygen atoms in total. The molecule has 1 aliphatic heterocycles. The Morgan fingerprint density at radius 3 is 2.31 bits per heavy atom. The molecule has 0 saturated heterocycles. The van der Waals surface area contributed by atoms with E-state index in [0.29, 0.717) is 16.3 Å². The highest BCUT2D eigenvalue weighted by Crippen LogP contribution is 2.51. The molecular weight excluding hydrogens is 420 g/mol. The zero-order valence-electron chi connectivity index (χ0n) is 15.6. The molecule has 5 heteroatoms. The summed E-state index contributed by atoms with van der Waals surface area (Å²) in [6, 6.07) is 27.4. The normalized spacial score (nSPS) is 18.2. The number of hydrogen-bond donors (Lipinski definition) is 0. The highest BCUT2D eigenvalue weighted by atomic mass is 35.5. The van der Waals surface area contributed by atoms with Crippen molar-refractivity contribution in [3.8, 4) is 0 Å². The Balaban J connectivity index is 1.57. The molecule has 1 atom stereocenters. The van der Waals surface area contributed by atoms with Crippen molar-refractivity contribution in [1.29, 1.82) is 0 Å². The number of Topliss-reactive ketones (excluding diaryl/α,β-unsaturated/α-hetero) is 1. The van der Waals surface area contributed by atoms with Gasteiger partial charge in [0.1, 0.15) is 0 Å². The topological polar surface area (TPSA) is 26.3 Å². The lowest BCUT2D eigenvalue weighted by molar-refractivity contribution is 0.0809. The highest BCUT2D eigenvalue weighted by molar-refractivity contribution is 8.20. The van der Waals surface area contributed by atoms with Crippen LogP contribution >= 0.6 is 35.1 Å². The van der Waals surface area contributed by atoms with E-state index in [4.69, 9.17) is 16.3 Å². The van der Waals surface area contributed by atoms with E-state index in [-0.39, 0.29) is 5.78 Å². The summed E-state index contributed by atoms with van der Waals surface area (Å²) in [7, 11) is 0. The van der Waals surface area contributed by atoms with Gasteiger partial charge in [0.15, 0.2) is 0 Å². The third-order valence-corrected chi connectivity index (χ3v) is 7.50. The molecule has 3 aromatic rings. The van der Waals surface area contributed by atoms with Gasteiger partial charge in [-0.3, -0.25) is 4.79 Å². The van der Waals surface area contributed by atoms with Gasteiger partial charge in [0.25, 0.3) is 4.27 Å². The molecule has 0 bridgehead atoms. The first-order valence-electron chi connectivity index (χ1n) is 9.23.